The average molecular weight is 331 g/mol. The number of aliphatic hydroxyl groups is 1. The van der Waals surface area contributed by atoms with E-state index in [0.29, 0.717) is 13.1 Å². The van der Waals surface area contributed by atoms with Crippen molar-refractivity contribution >= 4 is 5.91 Å². The molecule has 1 saturated heterocycles. The first-order valence-electron chi connectivity index (χ1n) is 8.91. The van der Waals surface area contributed by atoms with Crippen molar-refractivity contribution in [2.45, 2.75) is 24.4 Å². The molecule has 1 aliphatic heterocycles. The standard InChI is InChI=1S/C19H29N3O2/c1-20-10-12-22(13-11-20)15-17(23)14-21(2)18(24)19(8-9-19)16-6-4-3-5-7-16/h3-7,17,23H,8-15H2,1-2H3. The van der Waals surface area contributed by atoms with Crippen LogP contribution in [0.25, 0.3) is 0 Å². The van der Waals surface area contributed by atoms with E-state index in [2.05, 4.69) is 16.8 Å². The van der Waals surface area contributed by atoms with Crippen LogP contribution in [0.15, 0.2) is 30.3 Å². The first-order valence-corrected chi connectivity index (χ1v) is 8.91. The van der Waals surface area contributed by atoms with Crippen molar-refractivity contribution in [3.8, 4) is 0 Å². The van der Waals surface area contributed by atoms with E-state index in [0.717, 1.165) is 44.6 Å². The molecular formula is C19H29N3O2. The second-order valence-electron chi connectivity index (χ2n) is 7.39. The van der Waals surface area contributed by atoms with Crippen LogP contribution in [-0.2, 0) is 10.2 Å². The third-order valence-electron chi connectivity index (χ3n) is 5.38. The highest BCUT2D eigenvalue weighted by Gasteiger charge is 2.52. The number of likely N-dealkylation sites (N-methyl/N-ethyl adjacent to an activating group) is 2. The van der Waals surface area contributed by atoms with E-state index >= 15 is 0 Å². The van der Waals surface area contributed by atoms with Crippen molar-refractivity contribution < 1.29 is 9.90 Å². The summed E-state index contributed by atoms with van der Waals surface area (Å²) in [5.41, 5.74) is 0.763. The summed E-state index contributed by atoms with van der Waals surface area (Å²) in [6.07, 6.45) is 1.33. The van der Waals surface area contributed by atoms with Crippen LogP contribution in [0.4, 0.5) is 0 Å². The van der Waals surface area contributed by atoms with Gasteiger partial charge in [0.15, 0.2) is 0 Å². The maximum absolute atomic E-state index is 12.9. The molecule has 2 aliphatic rings. The highest BCUT2D eigenvalue weighted by Crippen LogP contribution is 2.49. The Morgan fingerprint density at radius 1 is 1.21 bits per heavy atom. The van der Waals surface area contributed by atoms with Crippen LogP contribution in [0, 0.1) is 0 Å². The Balaban J connectivity index is 1.53. The Morgan fingerprint density at radius 3 is 2.42 bits per heavy atom. The van der Waals surface area contributed by atoms with Gasteiger partial charge in [-0.15, -0.1) is 0 Å². The summed E-state index contributed by atoms with van der Waals surface area (Å²) >= 11 is 0. The minimum atomic E-state index is -0.492. The van der Waals surface area contributed by atoms with Crippen molar-refractivity contribution in [2.24, 2.45) is 0 Å². The summed E-state index contributed by atoms with van der Waals surface area (Å²) in [7, 11) is 3.94. The van der Waals surface area contributed by atoms with Gasteiger partial charge >= 0.3 is 0 Å². The van der Waals surface area contributed by atoms with Crippen LogP contribution in [0.1, 0.15) is 18.4 Å². The molecule has 5 nitrogen and oxygen atoms in total. The minimum absolute atomic E-state index is 0.145. The number of amides is 1. The third kappa shape index (κ3) is 3.79. The summed E-state index contributed by atoms with van der Waals surface area (Å²) in [5, 5.41) is 10.4. The molecule has 1 atom stereocenters. The van der Waals surface area contributed by atoms with Crippen molar-refractivity contribution in [3.63, 3.8) is 0 Å². The highest BCUT2D eigenvalue weighted by molar-refractivity contribution is 5.91. The number of piperazine rings is 1. The second-order valence-corrected chi connectivity index (χ2v) is 7.39. The first-order chi connectivity index (χ1) is 11.5. The van der Waals surface area contributed by atoms with Crippen LogP contribution >= 0.6 is 0 Å². The van der Waals surface area contributed by atoms with Gasteiger partial charge in [0.25, 0.3) is 0 Å². The molecule has 1 N–H and O–H groups in total. The molecule has 0 spiro atoms. The highest BCUT2D eigenvalue weighted by atomic mass is 16.3. The van der Waals surface area contributed by atoms with Gasteiger partial charge in [-0.2, -0.15) is 0 Å². The minimum Gasteiger partial charge on any atom is -0.390 e. The molecule has 3 rings (SSSR count). The van der Waals surface area contributed by atoms with Crippen LogP contribution in [0.5, 0.6) is 0 Å². The second kappa shape index (κ2) is 7.21. The van der Waals surface area contributed by atoms with Crippen LogP contribution in [0.2, 0.25) is 0 Å². The predicted molar refractivity (Wildman–Crippen MR) is 94.9 cm³/mol. The SMILES string of the molecule is CN1CCN(CC(O)CN(C)C(=O)C2(c3ccccc3)CC2)CC1. The van der Waals surface area contributed by atoms with Gasteiger partial charge in [-0.1, -0.05) is 30.3 Å². The molecule has 132 valence electrons. The van der Waals surface area contributed by atoms with E-state index in [9.17, 15) is 9.90 Å². The molecule has 0 radical (unpaired) electrons. The van der Waals surface area contributed by atoms with Gasteiger partial charge < -0.3 is 14.9 Å². The zero-order valence-corrected chi connectivity index (χ0v) is 14.8. The van der Waals surface area contributed by atoms with Gasteiger partial charge in [0, 0.05) is 46.3 Å². The van der Waals surface area contributed by atoms with Crippen molar-refractivity contribution in [1.82, 2.24) is 14.7 Å². The zero-order valence-electron chi connectivity index (χ0n) is 14.8. The van der Waals surface area contributed by atoms with E-state index in [4.69, 9.17) is 0 Å². The molecule has 1 aromatic rings. The summed E-state index contributed by atoms with van der Waals surface area (Å²) in [5.74, 6) is 0.145. The molecular weight excluding hydrogens is 302 g/mol. The normalized spacial score (nSPS) is 22.1. The summed E-state index contributed by atoms with van der Waals surface area (Å²) in [6, 6.07) is 10.0. The summed E-state index contributed by atoms with van der Waals surface area (Å²) in [6.45, 7) is 5.10. The largest absolute Gasteiger partial charge is 0.390 e. The number of carbonyl (C=O) groups is 1. The van der Waals surface area contributed by atoms with E-state index in [1.807, 2.05) is 37.4 Å². The molecule has 1 heterocycles. The summed E-state index contributed by atoms with van der Waals surface area (Å²) in [4.78, 5) is 19.2. The maximum atomic E-state index is 12.9. The van der Waals surface area contributed by atoms with Gasteiger partial charge in [-0.05, 0) is 25.5 Å². The lowest BCUT2D eigenvalue weighted by Crippen LogP contribution is -2.49. The molecule has 0 bridgehead atoms. The van der Waals surface area contributed by atoms with Gasteiger partial charge in [0.1, 0.15) is 0 Å². The first kappa shape index (κ1) is 17.4. The Bertz CT molecular complexity index is 551. The fourth-order valence-electron chi connectivity index (χ4n) is 3.66. The molecule has 24 heavy (non-hydrogen) atoms. The zero-order chi connectivity index (χ0) is 17.2. The lowest BCUT2D eigenvalue weighted by Gasteiger charge is -2.34. The van der Waals surface area contributed by atoms with Gasteiger partial charge in [-0.25, -0.2) is 0 Å². The fourth-order valence-corrected chi connectivity index (χ4v) is 3.66. The number of benzene rings is 1. The number of rotatable bonds is 6. The number of hydrogen-bond acceptors (Lipinski definition) is 4. The lowest BCUT2D eigenvalue weighted by molar-refractivity contribution is -0.134. The van der Waals surface area contributed by atoms with Gasteiger partial charge in [0.2, 0.25) is 5.91 Å². The number of β-amino-alcohol motifs (C(OH)–C–C–N with tert-alkyl or cyclic N) is 1. The number of aliphatic hydroxyl groups excluding tert-OH is 1. The molecule has 1 amide bonds. The van der Waals surface area contributed by atoms with Crippen LogP contribution in [-0.4, -0.2) is 85.2 Å². The predicted octanol–water partition coefficient (Wildman–Crippen LogP) is 0.785. The molecule has 5 heteroatoms. The monoisotopic (exact) mass is 331 g/mol. The van der Waals surface area contributed by atoms with E-state index < -0.39 is 6.10 Å². The Morgan fingerprint density at radius 2 is 1.83 bits per heavy atom. The Hall–Kier alpha value is -1.43. The number of hydrogen-bond donors (Lipinski definition) is 1. The summed E-state index contributed by atoms with van der Waals surface area (Å²) < 4.78 is 0. The molecule has 1 aromatic carbocycles. The Labute approximate surface area is 144 Å². The van der Waals surface area contributed by atoms with Crippen LogP contribution in [0.3, 0.4) is 0 Å². The molecule has 2 fully saturated rings. The average Bonchev–Trinajstić information content (AvgIpc) is 3.39. The smallest absolute Gasteiger partial charge is 0.233 e. The number of nitrogens with zero attached hydrogens (tertiary/aromatic N) is 3. The van der Waals surface area contributed by atoms with E-state index in [1.165, 1.54) is 0 Å². The topological polar surface area (TPSA) is 47.0 Å². The Kier molecular flexibility index (Phi) is 5.23. The fraction of sp³-hybridized carbons (Fsp3) is 0.632. The lowest BCUT2D eigenvalue weighted by atomic mass is 9.94. The maximum Gasteiger partial charge on any atom is 0.233 e. The van der Waals surface area contributed by atoms with E-state index in [-0.39, 0.29) is 11.3 Å². The third-order valence-corrected chi connectivity index (χ3v) is 5.38. The van der Waals surface area contributed by atoms with Crippen molar-refractivity contribution in [1.29, 1.82) is 0 Å². The van der Waals surface area contributed by atoms with Gasteiger partial charge in [-0.3, -0.25) is 9.69 Å². The van der Waals surface area contributed by atoms with Crippen molar-refractivity contribution in [2.75, 3.05) is 53.4 Å². The number of carbonyl (C=O) groups excluding carboxylic acids is 1. The van der Waals surface area contributed by atoms with Gasteiger partial charge in [0.05, 0.1) is 11.5 Å². The molecule has 1 unspecified atom stereocenters. The quantitative estimate of drug-likeness (QED) is 0.837. The molecule has 1 aliphatic carbocycles. The molecule has 1 saturated carbocycles. The molecule has 0 aromatic heterocycles. The van der Waals surface area contributed by atoms with E-state index in [1.54, 1.807) is 4.90 Å². The van der Waals surface area contributed by atoms with Crippen LogP contribution < -0.4 is 0 Å². The van der Waals surface area contributed by atoms with Crippen molar-refractivity contribution in [3.05, 3.63) is 35.9 Å².